The summed E-state index contributed by atoms with van der Waals surface area (Å²) < 4.78 is 10.6. The monoisotopic (exact) mass is 336 g/mol. The zero-order valence-electron chi connectivity index (χ0n) is 14.7. The molecule has 134 valence electrons. The summed E-state index contributed by atoms with van der Waals surface area (Å²) in [5.74, 6) is -1.43. The van der Waals surface area contributed by atoms with Crippen LogP contribution in [0.25, 0.3) is 0 Å². The van der Waals surface area contributed by atoms with Crippen LogP contribution in [-0.2, 0) is 25.7 Å². The lowest BCUT2D eigenvalue weighted by Gasteiger charge is -2.20. The normalized spacial score (nSPS) is 14.7. The van der Waals surface area contributed by atoms with E-state index in [9.17, 15) is 14.7 Å². The summed E-state index contributed by atoms with van der Waals surface area (Å²) in [6, 6.07) is 9.73. The highest BCUT2D eigenvalue weighted by molar-refractivity contribution is 5.85. The molecule has 1 N–H and O–H groups in total. The Morgan fingerprint density at radius 2 is 1.79 bits per heavy atom. The van der Waals surface area contributed by atoms with Crippen LogP contribution < -0.4 is 0 Å². The molecule has 0 amide bonds. The van der Waals surface area contributed by atoms with Gasteiger partial charge in [-0.3, -0.25) is 9.59 Å². The van der Waals surface area contributed by atoms with Gasteiger partial charge in [-0.15, -0.1) is 0 Å². The Morgan fingerprint density at radius 1 is 1.12 bits per heavy atom. The standard InChI is InChI=1S/C19H28O5/c1-4-18(21)17(19(22)23-5-2)12-16(20)11-14(3)24-13-15-9-7-6-8-10-15/h6-10,14,17-18,21H,4-5,11-13H2,1-3H3. The minimum absolute atomic E-state index is 0.0210. The smallest absolute Gasteiger partial charge is 0.312 e. The molecule has 0 fully saturated rings. The molecule has 5 nitrogen and oxygen atoms in total. The van der Waals surface area contributed by atoms with Crippen molar-refractivity contribution in [2.75, 3.05) is 6.61 Å². The Balaban J connectivity index is 2.47. The van der Waals surface area contributed by atoms with E-state index < -0.39 is 18.0 Å². The van der Waals surface area contributed by atoms with E-state index in [4.69, 9.17) is 9.47 Å². The summed E-state index contributed by atoms with van der Waals surface area (Å²) in [6.07, 6.45) is -0.532. The van der Waals surface area contributed by atoms with Crippen LogP contribution in [0.3, 0.4) is 0 Å². The number of esters is 1. The summed E-state index contributed by atoms with van der Waals surface area (Å²) in [5, 5.41) is 9.97. The molecule has 0 spiro atoms. The fourth-order valence-corrected chi connectivity index (χ4v) is 2.43. The summed E-state index contributed by atoms with van der Waals surface area (Å²) in [4.78, 5) is 24.1. The number of Topliss-reactive ketones (excluding diaryl/α,β-unsaturated/α-hetero) is 1. The largest absolute Gasteiger partial charge is 0.466 e. The van der Waals surface area contributed by atoms with Crippen molar-refractivity contribution in [3.05, 3.63) is 35.9 Å². The Hall–Kier alpha value is -1.72. The molecular weight excluding hydrogens is 308 g/mol. The van der Waals surface area contributed by atoms with Gasteiger partial charge in [-0.1, -0.05) is 37.3 Å². The van der Waals surface area contributed by atoms with Crippen LogP contribution in [0.5, 0.6) is 0 Å². The molecule has 3 unspecified atom stereocenters. The predicted molar refractivity (Wildman–Crippen MR) is 91.4 cm³/mol. The molecule has 0 aromatic heterocycles. The van der Waals surface area contributed by atoms with Gasteiger partial charge in [0, 0.05) is 12.8 Å². The van der Waals surface area contributed by atoms with Crippen molar-refractivity contribution in [1.29, 1.82) is 0 Å². The van der Waals surface area contributed by atoms with E-state index in [1.54, 1.807) is 13.8 Å². The Labute approximate surface area is 144 Å². The number of ether oxygens (including phenoxy) is 2. The molecule has 24 heavy (non-hydrogen) atoms. The fourth-order valence-electron chi connectivity index (χ4n) is 2.43. The minimum atomic E-state index is -0.867. The summed E-state index contributed by atoms with van der Waals surface area (Å²) >= 11 is 0. The van der Waals surface area contributed by atoms with Crippen molar-refractivity contribution in [3.8, 4) is 0 Å². The van der Waals surface area contributed by atoms with Crippen molar-refractivity contribution in [1.82, 2.24) is 0 Å². The Bertz CT molecular complexity index is 500. The topological polar surface area (TPSA) is 72.8 Å². The average molecular weight is 336 g/mol. The molecular formula is C19H28O5. The minimum Gasteiger partial charge on any atom is -0.466 e. The maximum atomic E-state index is 12.2. The van der Waals surface area contributed by atoms with Crippen molar-refractivity contribution in [2.24, 2.45) is 5.92 Å². The second kappa shape index (κ2) is 10.9. The predicted octanol–water partition coefficient (Wildman–Crippen LogP) is 2.89. The van der Waals surface area contributed by atoms with Gasteiger partial charge in [0.15, 0.2) is 0 Å². The van der Waals surface area contributed by atoms with Crippen molar-refractivity contribution >= 4 is 11.8 Å². The second-order valence-electron chi connectivity index (χ2n) is 5.89. The SMILES string of the molecule is CCOC(=O)C(CC(=O)CC(C)OCc1ccccc1)C(O)CC. The van der Waals surface area contributed by atoms with Crippen LogP contribution in [-0.4, -0.2) is 35.7 Å². The fraction of sp³-hybridized carbons (Fsp3) is 0.579. The van der Waals surface area contributed by atoms with Gasteiger partial charge in [-0.25, -0.2) is 0 Å². The van der Waals surface area contributed by atoms with E-state index >= 15 is 0 Å². The summed E-state index contributed by atoms with van der Waals surface area (Å²) in [6.45, 7) is 5.97. The molecule has 0 bridgehead atoms. The van der Waals surface area contributed by atoms with E-state index in [-0.39, 0.29) is 31.3 Å². The molecule has 0 aliphatic carbocycles. The van der Waals surface area contributed by atoms with Gasteiger partial charge in [0.2, 0.25) is 0 Å². The molecule has 0 saturated heterocycles. The highest BCUT2D eigenvalue weighted by atomic mass is 16.5. The second-order valence-corrected chi connectivity index (χ2v) is 5.89. The number of hydrogen-bond donors (Lipinski definition) is 1. The number of carbonyl (C=O) groups excluding carboxylic acids is 2. The van der Waals surface area contributed by atoms with E-state index in [1.807, 2.05) is 37.3 Å². The number of carbonyl (C=O) groups is 2. The van der Waals surface area contributed by atoms with Crippen molar-refractivity contribution in [2.45, 2.75) is 58.8 Å². The maximum Gasteiger partial charge on any atom is 0.312 e. The van der Waals surface area contributed by atoms with E-state index in [1.165, 1.54) is 0 Å². The third kappa shape index (κ3) is 7.23. The molecule has 1 rings (SSSR count). The lowest BCUT2D eigenvalue weighted by atomic mass is 9.93. The zero-order valence-corrected chi connectivity index (χ0v) is 14.7. The third-order valence-electron chi connectivity index (χ3n) is 3.81. The molecule has 0 radical (unpaired) electrons. The van der Waals surface area contributed by atoms with Gasteiger partial charge in [0.05, 0.1) is 31.3 Å². The molecule has 5 heteroatoms. The van der Waals surface area contributed by atoms with Crippen LogP contribution in [0.15, 0.2) is 30.3 Å². The highest BCUT2D eigenvalue weighted by Crippen LogP contribution is 2.17. The molecule has 1 aromatic carbocycles. The first-order valence-electron chi connectivity index (χ1n) is 8.49. The third-order valence-corrected chi connectivity index (χ3v) is 3.81. The lowest BCUT2D eigenvalue weighted by molar-refractivity contribution is -0.154. The first kappa shape index (κ1) is 20.3. The van der Waals surface area contributed by atoms with E-state index in [0.29, 0.717) is 13.0 Å². The molecule has 3 atom stereocenters. The zero-order chi connectivity index (χ0) is 17.9. The average Bonchev–Trinajstić information content (AvgIpc) is 2.58. The number of rotatable bonds is 11. The molecule has 0 saturated carbocycles. The number of hydrogen-bond acceptors (Lipinski definition) is 5. The molecule has 0 heterocycles. The Morgan fingerprint density at radius 3 is 2.38 bits per heavy atom. The van der Waals surface area contributed by atoms with Crippen LogP contribution in [0.2, 0.25) is 0 Å². The molecule has 0 aliphatic rings. The number of benzene rings is 1. The van der Waals surface area contributed by atoms with Crippen LogP contribution in [0, 0.1) is 5.92 Å². The van der Waals surface area contributed by atoms with Gasteiger partial charge >= 0.3 is 5.97 Å². The quantitative estimate of drug-likeness (QED) is 0.629. The molecule has 0 aliphatic heterocycles. The van der Waals surface area contributed by atoms with Crippen LogP contribution in [0.4, 0.5) is 0 Å². The van der Waals surface area contributed by atoms with Crippen molar-refractivity contribution in [3.63, 3.8) is 0 Å². The maximum absolute atomic E-state index is 12.2. The number of aliphatic hydroxyl groups excluding tert-OH is 1. The first-order chi connectivity index (χ1) is 11.5. The first-order valence-corrected chi connectivity index (χ1v) is 8.49. The van der Waals surface area contributed by atoms with E-state index in [0.717, 1.165) is 5.56 Å². The molecule has 1 aromatic rings. The number of ketones is 1. The van der Waals surface area contributed by atoms with E-state index in [2.05, 4.69) is 0 Å². The summed E-state index contributed by atoms with van der Waals surface area (Å²) in [5.41, 5.74) is 1.04. The van der Waals surface area contributed by atoms with Gasteiger partial charge in [-0.05, 0) is 25.8 Å². The Kier molecular flexibility index (Phi) is 9.27. The van der Waals surface area contributed by atoms with Crippen LogP contribution >= 0.6 is 0 Å². The van der Waals surface area contributed by atoms with Gasteiger partial charge in [-0.2, -0.15) is 0 Å². The van der Waals surface area contributed by atoms with Gasteiger partial charge in [0.1, 0.15) is 5.78 Å². The highest BCUT2D eigenvalue weighted by Gasteiger charge is 2.29. The van der Waals surface area contributed by atoms with Crippen LogP contribution in [0.1, 0.15) is 45.6 Å². The van der Waals surface area contributed by atoms with Crippen molar-refractivity contribution < 1.29 is 24.2 Å². The van der Waals surface area contributed by atoms with Gasteiger partial charge < -0.3 is 14.6 Å². The lowest BCUT2D eigenvalue weighted by Crippen LogP contribution is -2.32. The van der Waals surface area contributed by atoms with Gasteiger partial charge in [0.25, 0.3) is 0 Å². The number of aliphatic hydroxyl groups is 1. The summed E-state index contributed by atoms with van der Waals surface area (Å²) in [7, 11) is 0.